The number of nitrogens with one attached hydrogen (secondary N) is 1. The van der Waals surface area contributed by atoms with Crippen molar-refractivity contribution in [1.82, 2.24) is 10.2 Å². The predicted octanol–water partition coefficient (Wildman–Crippen LogP) is 0.936. The van der Waals surface area contributed by atoms with Crippen molar-refractivity contribution in [3.8, 4) is 0 Å². The Morgan fingerprint density at radius 2 is 2.33 bits per heavy atom. The molecule has 2 fully saturated rings. The lowest BCUT2D eigenvalue weighted by molar-refractivity contribution is 0.367. The molecular weight excluding hydrogens is 148 g/mol. The Morgan fingerprint density at radius 1 is 1.58 bits per heavy atom. The van der Waals surface area contributed by atoms with Gasteiger partial charge in [0, 0.05) is 24.5 Å². The Bertz CT molecular complexity index is 181. The molecule has 2 rings (SSSR count). The molecule has 0 aromatic heterocycles. The van der Waals surface area contributed by atoms with Crippen molar-refractivity contribution in [3.63, 3.8) is 0 Å². The minimum Gasteiger partial charge on any atom is -0.315 e. The Morgan fingerprint density at radius 3 is 2.83 bits per heavy atom. The predicted molar refractivity (Wildman–Crippen MR) is 51.2 cm³/mol. The van der Waals surface area contributed by atoms with Crippen LogP contribution in [-0.2, 0) is 0 Å². The van der Waals surface area contributed by atoms with Gasteiger partial charge in [-0.1, -0.05) is 13.3 Å². The van der Waals surface area contributed by atoms with E-state index in [9.17, 15) is 0 Å². The fraction of sp³-hybridized carbons (Fsp3) is 1.00. The lowest BCUT2D eigenvalue weighted by atomic mass is 9.96. The molecular formula is C10H20N2. The molecule has 2 nitrogen and oxygen atoms in total. The Labute approximate surface area is 75.3 Å². The fourth-order valence-electron chi connectivity index (χ4n) is 3.12. The molecule has 1 aliphatic carbocycles. The summed E-state index contributed by atoms with van der Waals surface area (Å²) in [5, 5.41) is 3.47. The van der Waals surface area contributed by atoms with E-state index in [2.05, 4.69) is 31.2 Å². The van der Waals surface area contributed by atoms with Crippen molar-refractivity contribution in [2.75, 3.05) is 27.2 Å². The molecule has 3 atom stereocenters. The highest BCUT2D eigenvalue weighted by Gasteiger charge is 2.60. The number of rotatable bonds is 2. The molecule has 0 bridgehead atoms. The Kier molecular flexibility index (Phi) is 1.92. The second kappa shape index (κ2) is 2.71. The molecule has 0 radical (unpaired) electrons. The van der Waals surface area contributed by atoms with Gasteiger partial charge in [-0.25, -0.2) is 0 Å². The first-order chi connectivity index (χ1) is 5.73. The quantitative estimate of drug-likeness (QED) is 0.660. The summed E-state index contributed by atoms with van der Waals surface area (Å²) in [6.07, 6.45) is 2.82. The Balaban J connectivity index is 2.06. The molecule has 1 heterocycles. The molecule has 0 amide bonds. The number of nitrogens with zero attached hydrogens (tertiary/aromatic N) is 1. The second-order valence-electron chi connectivity index (χ2n) is 4.58. The number of likely N-dealkylation sites (tertiary alicyclic amines) is 1. The molecule has 1 aliphatic heterocycles. The summed E-state index contributed by atoms with van der Waals surface area (Å²) in [6, 6.07) is 0.757. The van der Waals surface area contributed by atoms with E-state index in [0.717, 1.165) is 12.0 Å². The molecule has 1 saturated heterocycles. The van der Waals surface area contributed by atoms with E-state index in [4.69, 9.17) is 0 Å². The first-order valence-electron chi connectivity index (χ1n) is 5.08. The van der Waals surface area contributed by atoms with Gasteiger partial charge in [0.25, 0.3) is 0 Å². The molecule has 1 N–H and O–H groups in total. The highest BCUT2D eigenvalue weighted by molar-refractivity contribution is 5.14. The van der Waals surface area contributed by atoms with Crippen LogP contribution in [0.1, 0.15) is 19.8 Å². The van der Waals surface area contributed by atoms with Crippen LogP contribution in [0.3, 0.4) is 0 Å². The lowest BCUT2D eigenvalue weighted by Crippen LogP contribution is -2.35. The molecule has 2 heteroatoms. The first-order valence-corrected chi connectivity index (χ1v) is 5.08. The standard InChI is InChI=1S/C10H20N2/c1-4-8-5-10(8)7-12(3)6-9(10)11-2/h8-9,11H,4-7H2,1-3H3. The van der Waals surface area contributed by atoms with Crippen molar-refractivity contribution < 1.29 is 0 Å². The van der Waals surface area contributed by atoms with Crippen molar-refractivity contribution >= 4 is 0 Å². The maximum atomic E-state index is 3.47. The minimum atomic E-state index is 0.665. The van der Waals surface area contributed by atoms with E-state index in [1.54, 1.807) is 0 Å². The highest BCUT2D eigenvalue weighted by Crippen LogP contribution is 2.59. The van der Waals surface area contributed by atoms with Crippen LogP contribution < -0.4 is 5.32 Å². The van der Waals surface area contributed by atoms with Gasteiger partial charge in [-0.3, -0.25) is 0 Å². The van der Waals surface area contributed by atoms with Crippen molar-refractivity contribution in [3.05, 3.63) is 0 Å². The van der Waals surface area contributed by atoms with E-state index in [1.807, 2.05) is 0 Å². The van der Waals surface area contributed by atoms with Gasteiger partial charge >= 0.3 is 0 Å². The second-order valence-corrected chi connectivity index (χ2v) is 4.58. The summed E-state index contributed by atoms with van der Waals surface area (Å²) in [7, 11) is 4.35. The van der Waals surface area contributed by atoms with Crippen LogP contribution in [0, 0.1) is 11.3 Å². The SMILES string of the molecule is CCC1CC12CN(C)CC2NC. The van der Waals surface area contributed by atoms with Crippen LogP contribution in [-0.4, -0.2) is 38.1 Å². The third kappa shape index (κ3) is 1.01. The number of likely N-dealkylation sites (N-methyl/N-ethyl adjacent to an activating group) is 2. The number of hydrogen-bond acceptors (Lipinski definition) is 2. The van der Waals surface area contributed by atoms with Crippen molar-refractivity contribution in [2.45, 2.75) is 25.8 Å². The van der Waals surface area contributed by atoms with Crippen molar-refractivity contribution in [2.24, 2.45) is 11.3 Å². The zero-order valence-electron chi connectivity index (χ0n) is 8.43. The van der Waals surface area contributed by atoms with Gasteiger partial charge in [0.05, 0.1) is 0 Å². The van der Waals surface area contributed by atoms with Crippen LogP contribution in [0.25, 0.3) is 0 Å². The average Bonchev–Trinajstić information content (AvgIpc) is 2.64. The van der Waals surface area contributed by atoms with Crippen molar-refractivity contribution in [1.29, 1.82) is 0 Å². The average molecular weight is 168 g/mol. The molecule has 70 valence electrons. The highest BCUT2D eigenvalue weighted by atomic mass is 15.2. The monoisotopic (exact) mass is 168 g/mol. The third-order valence-corrected chi connectivity index (χ3v) is 3.87. The largest absolute Gasteiger partial charge is 0.315 e. The molecule has 2 aliphatic rings. The normalized spacial score (nSPS) is 47.2. The summed E-state index contributed by atoms with van der Waals surface area (Å²) in [5.41, 5.74) is 0.665. The lowest BCUT2D eigenvalue weighted by Gasteiger charge is -2.17. The summed E-state index contributed by atoms with van der Waals surface area (Å²) < 4.78 is 0. The minimum absolute atomic E-state index is 0.665. The van der Waals surface area contributed by atoms with Gasteiger partial charge in [0.15, 0.2) is 0 Å². The first kappa shape index (κ1) is 8.52. The van der Waals surface area contributed by atoms with Crippen LogP contribution in [0.5, 0.6) is 0 Å². The third-order valence-electron chi connectivity index (χ3n) is 3.87. The summed E-state index contributed by atoms with van der Waals surface area (Å²) in [6.45, 7) is 4.88. The van der Waals surface area contributed by atoms with E-state index >= 15 is 0 Å². The molecule has 12 heavy (non-hydrogen) atoms. The van der Waals surface area contributed by atoms with Gasteiger partial charge in [0.2, 0.25) is 0 Å². The van der Waals surface area contributed by atoms with E-state index in [-0.39, 0.29) is 0 Å². The van der Waals surface area contributed by atoms with Crippen LogP contribution in [0.15, 0.2) is 0 Å². The van der Waals surface area contributed by atoms with Crippen LogP contribution >= 0.6 is 0 Å². The van der Waals surface area contributed by atoms with Gasteiger partial charge < -0.3 is 10.2 Å². The van der Waals surface area contributed by atoms with E-state index < -0.39 is 0 Å². The van der Waals surface area contributed by atoms with Gasteiger partial charge in [-0.05, 0) is 26.4 Å². The number of hydrogen-bond donors (Lipinski definition) is 1. The van der Waals surface area contributed by atoms with E-state index in [0.29, 0.717) is 5.41 Å². The summed E-state index contributed by atoms with van der Waals surface area (Å²) in [5.74, 6) is 1.000. The summed E-state index contributed by atoms with van der Waals surface area (Å²) >= 11 is 0. The van der Waals surface area contributed by atoms with Gasteiger partial charge in [0.1, 0.15) is 0 Å². The van der Waals surface area contributed by atoms with Crippen LogP contribution in [0.4, 0.5) is 0 Å². The zero-order chi connectivity index (χ0) is 8.77. The molecule has 0 aromatic rings. The Hall–Kier alpha value is -0.0800. The molecule has 3 unspecified atom stereocenters. The zero-order valence-corrected chi connectivity index (χ0v) is 8.43. The fourth-order valence-corrected chi connectivity index (χ4v) is 3.12. The van der Waals surface area contributed by atoms with E-state index in [1.165, 1.54) is 25.9 Å². The summed E-state index contributed by atoms with van der Waals surface area (Å²) in [4.78, 5) is 2.47. The van der Waals surface area contributed by atoms with Crippen LogP contribution in [0.2, 0.25) is 0 Å². The molecule has 0 aromatic carbocycles. The van der Waals surface area contributed by atoms with Gasteiger partial charge in [-0.15, -0.1) is 0 Å². The molecule has 1 saturated carbocycles. The van der Waals surface area contributed by atoms with Gasteiger partial charge in [-0.2, -0.15) is 0 Å². The maximum Gasteiger partial charge on any atom is 0.0263 e. The smallest absolute Gasteiger partial charge is 0.0263 e. The topological polar surface area (TPSA) is 15.3 Å². The molecule has 1 spiro atoms. The maximum absolute atomic E-state index is 3.47.